The maximum atomic E-state index is 12.0. The number of likely N-dealkylation sites (tertiary alicyclic amines) is 1. The first kappa shape index (κ1) is 23.0. The molecule has 3 heterocycles. The molecule has 168 valence electrons. The Morgan fingerprint density at radius 1 is 1.33 bits per heavy atom. The second-order valence-corrected chi connectivity index (χ2v) is 9.22. The zero-order valence-electron chi connectivity index (χ0n) is 18.3. The number of aliphatic imine (C=N–C) groups is 1. The monoisotopic (exact) mass is 436 g/mol. The van der Waals surface area contributed by atoms with Crippen molar-refractivity contribution in [2.45, 2.75) is 50.7 Å². The fourth-order valence-electron chi connectivity index (χ4n) is 3.72. The lowest BCUT2D eigenvalue weighted by molar-refractivity contribution is -0.127. The zero-order chi connectivity index (χ0) is 21.2. The first-order valence-electron chi connectivity index (χ1n) is 11.1. The molecule has 3 rings (SSSR count). The number of likely N-dealkylation sites (N-methyl/N-ethyl adjacent to an activating group) is 1. The van der Waals surface area contributed by atoms with Gasteiger partial charge in [0.05, 0.1) is 18.8 Å². The SMILES string of the molecule is CN(C)C(=O)CN=C(NCCc1cccs1)N1CCC(OCC2CCCCO2)CC1. The highest BCUT2D eigenvalue weighted by molar-refractivity contribution is 7.09. The Kier molecular flexibility index (Phi) is 9.42. The van der Waals surface area contributed by atoms with E-state index in [1.165, 1.54) is 17.7 Å². The molecule has 1 aromatic heterocycles. The molecule has 1 aromatic rings. The number of amides is 1. The van der Waals surface area contributed by atoms with Crippen LogP contribution in [0.1, 0.15) is 37.0 Å². The Morgan fingerprint density at radius 3 is 2.83 bits per heavy atom. The van der Waals surface area contributed by atoms with Crippen molar-refractivity contribution in [3.63, 3.8) is 0 Å². The highest BCUT2D eigenvalue weighted by atomic mass is 32.1. The van der Waals surface area contributed by atoms with Gasteiger partial charge in [-0.25, -0.2) is 4.99 Å². The Hall–Kier alpha value is -1.64. The van der Waals surface area contributed by atoms with E-state index in [0.717, 1.165) is 57.9 Å². The van der Waals surface area contributed by atoms with Crippen molar-refractivity contribution >= 4 is 23.2 Å². The molecule has 2 fully saturated rings. The van der Waals surface area contributed by atoms with Gasteiger partial charge >= 0.3 is 0 Å². The molecule has 0 saturated carbocycles. The van der Waals surface area contributed by atoms with Crippen LogP contribution in [0.3, 0.4) is 0 Å². The Bertz CT molecular complexity index is 651. The molecule has 30 heavy (non-hydrogen) atoms. The van der Waals surface area contributed by atoms with Crippen molar-refractivity contribution in [2.24, 2.45) is 4.99 Å². The number of nitrogens with zero attached hydrogens (tertiary/aromatic N) is 3. The maximum Gasteiger partial charge on any atom is 0.243 e. The number of thiophene rings is 1. The number of hydrogen-bond donors (Lipinski definition) is 1. The molecule has 1 amide bonds. The van der Waals surface area contributed by atoms with E-state index in [4.69, 9.17) is 9.47 Å². The Morgan fingerprint density at radius 2 is 2.17 bits per heavy atom. The van der Waals surface area contributed by atoms with Gasteiger partial charge in [-0.3, -0.25) is 4.79 Å². The molecule has 8 heteroatoms. The number of carbonyl (C=O) groups is 1. The van der Waals surface area contributed by atoms with Crippen LogP contribution < -0.4 is 5.32 Å². The van der Waals surface area contributed by atoms with Gasteiger partial charge in [0, 0.05) is 45.2 Å². The molecule has 1 atom stereocenters. The van der Waals surface area contributed by atoms with Gasteiger partial charge in [0.1, 0.15) is 6.54 Å². The summed E-state index contributed by atoms with van der Waals surface area (Å²) in [7, 11) is 3.53. The number of ether oxygens (including phenoxy) is 2. The molecule has 0 aliphatic carbocycles. The van der Waals surface area contributed by atoms with Crippen LogP contribution >= 0.6 is 11.3 Å². The summed E-state index contributed by atoms with van der Waals surface area (Å²) < 4.78 is 11.9. The number of piperidine rings is 1. The number of nitrogens with one attached hydrogen (secondary N) is 1. The molecular weight excluding hydrogens is 400 g/mol. The van der Waals surface area contributed by atoms with Crippen LogP contribution in [-0.2, 0) is 20.7 Å². The second kappa shape index (κ2) is 12.3. The van der Waals surface area contributed by atoms with Crippen LogP contribution in [0.5, 0.6) is 0 Å². The molecular formula is C22H36N4O3S. The van der Waals surface area contributed by atoms with Crippen LogP contribution in [-0.4, -0.2) is 87.4 Å². The van der Waals surface area contributed by atoms with E-state index in [2.05, 4.69) is 32.7 Å². The summed E-state index contributed by atoms with van der Waals surface area (Å²) in [6, 6.07) is 4.23. The zero-order valence-corrected chi connectivity index (χ0v) is 19.2. The van der Waals surface area contributed by atoms with Crippen molar-refractivity contribution in [3.8, 4) is 0 Å². The molecule has 0 spiro atoms. The minimum absolute atomic E-state index is 0.0123. The van der Waals surface area contributed by atoms with E-state index in [0.29, 0.717) is 6.61 Å². The highest BCUT2D eigenvalue weighted by Crippen LogP contribution is 2.18. The van der Waals surface area contributed by atoms with E-state index >= 15 is 0 Å². The summed E-state index contributed by atoms with van der Waals surface area (Å²) in [5.74, 6) is 0.842. The Labute approximate surface area is 184 Å². The Balaban J connectivity index is 1.47. The smallest absolute Gasteiger partial charge is 0.243 e. The van der Waals surface area contributed by atoms with Crippen LogP contribution in [0.2, 0.25) is 0 Å². The van der Waals surface area contributed by atoms with E-state index in [-0.39, 0.29) is 24.7 Å². The van der Waals surface area contributed by atoms with Gasteiger partial charge in [-0.2, -0.15) is 0 Å². The molecule has 2 aliphatic rings. The number of hydrogen-bond acceptors (Lipinski definition) is 5. The number of rotatable bonds is 8. The third kappa shape index (κ3) is 7.56. The lowest BCUT2D eigenvalue weighted by atomic mass is 10.1. The van der Waals surface area contributed by atoms with Gasteiger partial charge in [-0.1, -0.05) is 6.07 Å². The van der Waals surface area contributed by atoms with Crippen molar-refractivity contribution in [1.29, 1.82) is 0 Å². The molecule has 0 bridgehead atoms. The molecule has 1 N–H and O–H groups in total. The quantitative estimate of drug-likeness (QED) is 0.501. The molecule has 2 saturated heterocycles. The van der Waals surface area contributed by atoms with Crippen molar-refractivity contribution in [3.05, 3.63) is 22.4 Å². The predicted molar refractivity (Wildman–Crippen MR) is 121 cm³/mol. The number of guanidine groups is 1. The van der Waals surface area contributed by atoms with E-state index in [9.17, 15) is 4.79 Å². The third-order valence-corrected chi connectivity index (χ3v) is 6.57. The van der Waals surface area contributed by atoms with E-state index in [1.54, 1.807) is 30.3 Å². The van der Waals surface area contributed by atoms with Crippen LogP contribution in [0.15, 0.2) is 22.5 Å². The summed E-state index contributed by atoms with van der Waals surface area (Å²) in [6.45, 7) is 4.33. The largest absolute Gasteiger partial charge is 0.376 e. The molecule has 0 aromatic carbocycles. The normalized spacial score (nSPS) is 20.9. The topological polar surface area (TPSA) is 66.4 Å². The average Bonchev–Trinajstić information content (AvgIpc) is 3.29. The summed E-state index contributed by atoms with van der Waals surface area (Å²) in [5.41, 5.74) is 0. The summed E-state index contributed by atoms with van der Waals surface area (Å²) in [6.07, 6.45) is 6.98. The molecule has 7 nitrogen and oxygen atoms in total. The second-order valence-electron chi connectivity index (χ2n) is 8.19. The predicted octanol–water partition coefficient (Wildman–Crippen LogP) is 2.37. The minimum atomic E-state index is 0.0123. The summed E-state index contributed by atoms with van der Waals surface area (Å²) in [4.78, 5) is 21.8. The van der Waals surface area contributed by atoms with Crippen LogP contribution in [0, 0.1) is 0 Å². The van der Waals surface area contributed by atoms with E-state index in [1.807, 2.05) is 0 Å². The lowest BCUT2D eigenvalue weighted by Crippen LogP contribution is -2.48. The fraction of sp³-hybridized carbons (Fsp3) is 0.727. The number of carbonyl (C=O) groups excluding carboxylic acids is 1. The van der Waals surface area contributed by atoms with Crippen molar-refractivity contribution in [2.75, 3.05) is 53.5 Å². The highest BCUT2D eigenvalue weighted by Gasteiger charge is 2.24. The standard InChI is InChI=1S/C22H36N4O3S/c1-25(2)21(27)16-24-22(23-11-8-20-7-5-15-30-20)26-12-9-18(10-13-26)29-17-19-6-3-4-14-28-19/h5,7,15,18-19H,3-4,6,8-14,16-17H2,1-2H3,(H,23,24). The summed E-state index contributed by atoms with van der Waals surface area (Å²) >= 11 is 1.77. The molecule has 2 aliphatic heterocycles. The van der Waals surface area contributed by atoms with Gasteiger partial charge in [0.25, 0.3) is 0 Å². The maximum absolute atomic E-state index is 12.0. The summed E-state index contributed by atoms with van der Waals surface area (Å²) in [5, 5.41) is 5.57. The average molecular weight is 437 g/mol. The van der Waals surface area contributed by atoms with Gasteiger partial charge in [0.2, 0.25) is 5.91 Å². The molecule has 0 radical (unpaired) electrons. The van der Waals surface area contributed by atoms with E-state index < -0.39 is 0 Å². The van der Waals surface area contributed by atoms with Crippen molar-refractivity contribution in [1.82, 2.24) is 15.1 Å². The fourth-order valence-corrected chi connectivity index (χ4v) is 4.43. The first-order chi connectivity index (χ1) is 14.6. The molecule has 1 unspecified atom stereocenters. The van der Waals surface area contributed by atoms with Gasteiger partial charge < -0.3 is 24.6 Å². The first-order valence-corrected chi connectivity index (χ1v) is 12.0. The minimum Gasteiger partial charge on any atom is -0.376 e. The lowest BCUT2D eigenvalue weighted by Gasteiger charge is -2.35. The van der Waals surface area contributed by atoms with Crippen LogP contribution in [0.25, 0.3) is 0 Å². The third-order valence-electron chi connectivity index (χ3n) is 5.63. The van der Waals surface area contributed by atoms with Crippen molar-refractivity contribution < 1.29 is 14.3 Å². The van der Waals surface area contributed by atoms with Crippen LogP contribution in [0.4, 0.5) is 0 Å². The van der Waals surface area contributed by atoms with Gasteiger partial charge in [-0.05, 0) is 50.0 Å². The van der Waals surface area contributed by atoms with Gasteiger partial charge in [0.15, 0.2) is 5.96 Å². The van der Waals surface area contributed by atoms with Gasteiger partial charge in [-0.15, -0.1) is 11.3 Å².